The Morgan fingerprint density at radius 3 is 2.71 bits per heavy atom. The van der Waals surface area contributed by atoms with Crippen LogP contribution in [0.25, 0.3) is 16.6 Å². The highest BCUT2D eigenvalue weighted by Crippen LogP contribution is 2.22. The van der Waals surface area contributed by atoms with Crippen molar-refractivity contribution in [1.29, 1.82) is 0 Å². The van der Waals surface area contributed by atoms with Crippen LogP contribution < -0.4 is 11.4 Å². The van der Waals surface area contributed by atoms with Crippen LogP contribution in [0.5, 0.6) is 0 Å². The normalized spacial score (nSPS) is 11.4. The molecule has 0 aliphatic rings. The van der Waals surface area contributed by atoms with Gasteiger partial charge < -0.3 is 5.73 Å². The molecule has 2 heterocycles. The van der Waals surface area contributed by atoms with Crippen LogP contribution in [0.15, 0.2) is 47.3 Å². The summed E-state index contributed by atoms with van der Waals surface area (Å²) in [5.41, 5.74) is 7.45. The monoisotopic (exact) mass is 359 g/mol. The molecule has 0 bridgehead atoms. The van der Waals surface area contributed by atoms with Crippen molar-refractivity contribution in [3.63, 3.8) is 0 Å². The molecule has 0 aliphatic carbocycles. The smallest absolute Gasteiger partial charge is 0.353 e. The molecule has 6 nitrogen and oxygen atoms in total. The van der Waals surface area contributed by atoms with Crippen LogP contribution in [0.2, 0.25) is 10.0 Å². The van der Waals surface area contributed by atoms with Gasteiger partial charge in [0.1, 0.15) is 0 Å². The summed E-state index contributed by atoms with van der Waals surface area (Å²) >= 11 is 12.1. The summed E-state index contributed by atoms with van der Waals surface area (Å²) in [6.45, 7) is 0.213. The Morgan fingerprint density at radius 2 is 1.92 bits per heavy atom. The zero-order valence-corrected chi connectivity index (χ0v) is 13.8. The number of halogens is 2. The van der Waals surface area contributed by atoms with Gasteiger partial charge in [-0.05, 0) is 29.8 Å². The SMILES string of the molecule is Nc1nc2ccccc2c2nn(Cc3ccc(Cl)cc3Cl)c(=O)n12. The van der Waals surface area contributed by atoms with Gasteiger partial charge in [0.05, 0.1) is 12.1 Å². The Labute approximate surface area is 146 Å². The van der Waals surface area contributed by atoms with E-state index in [1.165, 1.54) is 9.08 Å². The maximum absolute atomic E-state index is 12.6. The van der Waals surface area contributed by atoms with Crippen molar-refractivity contribution in [2.75, 3.05) is 5.73 Å². The molecule has 2 aromatic heterocycles. The lowest BCUT2D eigenvalue weighted by atomic mass is 10.2. The Kier molecular flexibility index (Phi) is 3.44. The zero-order chi connectivity index (χ0) is 16.8. The highest BCUT2D eigenvalue weighted by atomic mass is 35.5. The maximum atomic E-state index is 12.6. The van der Waals surface area contributed by atoms with Crippen LogP contribution in [0, 0.1) is 0 Å². The fourth-order valence-electron chi connectivity index (χ4n) is 2.64. The summed E-state index contributed by atoms with van der Waals surface area (Å²) in [4.78, 5) is 16.9. The molecule has 0 atom stereocenters. The summed E-state index contributed by atoms with van der Waals surface area (Å²) in [5, 5.41) is 6.18. The summed E-state index contributed by atoms with van der Waals surface area (Å²) in [7, 11) is 0. The summed E-state index contributed by atoms with van der Waals surface area (Å²) in [6.07, 6.45) is 0. The van der Waals surface area contributed by atoms with E-state index in [4.69, 9.17) is 28.9 Å². The molecule has 24 heavy (non-hydrogen) atoms. The Morgan fingerprint density at radius 1 is 1.12 bits per heavy atom. The second kappa shape index (κ2) is 5.51. The first-order chi connectivity index (χ1) is 11.5. The predicted octanol–water partition coefficient (Wildman–Crippen LogP) is 2.98. The van der Waals surface area contributed by atoms with Crippen molar-refractivity contribution in [3.05, 3.63) is 68.6 Å². The first kappa shape index (κ1) is 15.0. The van der Waals surface area contributed by atoms with Gasteiger partial charge in [-0.3, -0.25) is 0 Å². The van der Waals surface area contributed by atoms with Gasteiger partial charge in [-0.25, -0.2) is 18.9 Å². The van der Waals surface area contributed by atoms with E-state index in [0.717, 1.165) is 10.9 Å². The molecule has 2 aromatic carbocycles. The predicted molar refractivity (Wildman–Crippen MR) is 94.7 cm³/mol. The van der Waals surface area contributed by atoms with Gasteiger partial charge in [0, 0.05) is 15.4 Å². The number of nitrogens with zero attached hydrogens (tertiary/aromatic N) is 4. The van der Waals surface area contributed by atoms with E-state index >= 15 is 0 Å². The molecule has 8 heteroatoms. The van der Waals surface area contributed by atoms with Gasteiger partial charge >= 0.3 is 5.69 Å². The molecule has 0 unspecified atom stereocenters. The van der Waals surface area contributed by atoms with Crippen LogP contribution in [-0.2, 0) is 6.54 Å². The molecule has 4 rings (SSSR count). The number of nitrogen functional groups attached to an aromatic ring is 1. The quantitative estimate of drug-likeness (QED) is 0.596. The van der Waals surface area contributed by atoms with Gasteiger partial charge in [0.15, 0.2) is 5.65 Å². The number of fused-ring (bicyclic) bond motifs is 3. The first-order valence-corrected chi connectivity index (χ1v) is 7.88. The summed E-state index contributed by atoms with van der Waals surface area (Å²) in [6, 6.07) is 12.5. The van der Waals surface area contributed by atoms with Gasteiger partial charge in [0.25, 0.3) is 0 Å². The van der Waals surface area contributed by atoms with Crippen molar-refractivity contribution in [2.24, 2.45) is 0 Å². The fourth-order valence-corrected chi connectivity index (χ4v) is 3.10. The number of hydrogen-bond donors (Lipinski definition) is 1. The number of aromatic nitrogens is 4. The van der Waals surface area contributed by atoms with E-state index < -0.39 is 0 Å². The van der Waals surface area contributed by atoms with Crippen LogP contribution in [0.3, 0.4) is 0 Å². The highest BCUT2D eigenvalue weighted by Gasteiger charge is 2.15. The Bertz CT molecular complexity index is 1150. The second-order valence-electron chi connectivity index (χ2n) is 5.32. The van der Waals surface area contributed by atoms with Crippen LogP contribution >= 0.6 is 23.2 Å². The molecule has 0 radical (unpaired) electrons. The average molecular weight is 360 g/mol. The molecular formula is C16H11Cl2N5O. The molecule has 0 saturated carbocycles. The third-order valence-electron chi connectivity index (χ3n) is 3.78. The fraction of sp³-hybridized carbons (Fsp3) is 0.0625. The molecule has 0 amide bonds. The lowest BCUT2D eigenvalue weighted by molar-refractivity contribution is 0.659. The maximum Gasteiger partial charge on any atom is 0.353 e. The van der Waals surface area contributed by atoms with E-state index in [2.05, 4.69) is 10.1 Å². The summed E-state index contributed by atoms with van der Waals surface area (Å²) < 4.78 is 2.61. The number of para-hydroxylation sites is 1. The molecule has 0 aliphatic heterocycles. The standard InChI is InChI=1S/C16H11Cl2N5O/c17-10-6-5-9(12(18)7-10)8-22-16(24)23-14(21-22)11-3-1-2-4-13(11)20-15(23)19/h1-7H,8H2,(H2,19,20). The average Bonchev–Trinajstić information content (AvgIpc) is 2.88. The molecule has 120 valence electrons. The molecule has 0 spiro atoms. The first-order valence-electron chi connectivity index (χ1n) is 7.12. The third-order valence-corrected chi connectivity index (χ3v) is 4.37. The van der Waals surface area contributed by atoms with Gasteiger partial charge in [-0.1, -0.05) is 41.4 Å². The van der Waals surface area contributed by atoms with Crippen LogP contribution in [0.1, 0.15) is 5.56 Å². The zero-order valence-electron chi connectivity index (χ0n) is 12.3. The van der Waals surface area contributed by atoms with Gasteiger partial charge in [0.2, 0.25) is 5.95 Å². The largest absolute Gasteiger partial charge is 0.369 e. The lowest BCUT2D eigenvalue weighted by Gasteiger charge is -2.03. The molecule has 0 saturated heterocycles. The molecular weight excluding hydrogens is 349 g/mol. The van der Waals surface area contributed by atoms with E-state index in [1.54, 1.807) is 18.2 Å². The number of hydrogen-bond acceptors (Lipinski definition) is 4. The van der Waals surface area contributed by atoms with E-state index in [1.807, 2.05) is 24.3 Å². The van der Waals surface area contributed by atoms with E-state index in [0.29, 0.717) is 21.2 Å². The van der Waals surface area contributed by atoms with Crippen LogP contribution in [-0.4, -0.2) is 19.2 Å². The Hall–Kier alpha value is -2.57. The minimum atomic E-state index is -0.369. The highest BCUT2D eigenvalue weighted by molar-refractivity contribution is 6.35. The summed E-state index contributed by atoms with van der Waals surface area (Å²) in [5.74, 6) is 0.0992. The molecule has 4 aromatic rings. The minimum Gasteiger partial charge on any atom is -0.369 e. The van der Waals surface area contributed by atoms with Gasteiger partial charge in [-0.2, -0.15) is 0 Å². The van der Waals surface area contributed by atoms with Gasteiger partial charge in [-0.15, -0.1) is 5.10 Å². The third kappa shape index (κ3) is 2.31. The van der Waals surface area contributed by atoms with Crippen molar-refractivity contribution >= 4 is 45.7 Å². The minimum absolute atomic E-state index is 0.0992. The Balaban J connectivity index is 1.94. The second-order valence-corrected chi connectivity index (χ2v) is 6.17. The van der Waals surface area contributed by atoms with E-state index in [9.17, 15) is 4.79 Å². The lowest BCUT2D eigenvalue weighted by Crippen LogP contribution is -2.23. The molecule has 2 N–H and O–H groups in total. The number of nitrogens with two attached hydrogens (primary N) is 1. The number of rotatable bonds is 2. The van der Waals surface area contributed by atoms with Crippen LogP contribution in [0.4, 0.5) is 5.95 Å². The number of anilines is 1. The van der Waals surface area contributed by atoms with Crippen molar-refractivity contribution in [3.8, 4) is 0 Å². The van der Waals surface area contributed by atoms with Crippen molar-refractivity contribution < 1.29 is 0 Å². The van der Waals surface area contributed by atoms with E-state index in [-0.39, 0.29) is 18.2 Å². The van der Waals surface area contributed by atoms with Crippen molar-refractivity contribution in [1.82, 2.24) is 19.2 Å². The van der Waals surface area contributed by atoms with Crippen molar-refractivity contribution in [2.45, 2.75) is 6.54 Å². The number of benzene rings is 2. The molecule has 0 fully saturated rings. The topological polar surface area (TPSA) is 78.2 Å².